The average molecular weight is 500 g/mol. The number of carboxylic acids is 1. The van der Waals surface area contributed by atoms with Gasteiger partial charge in [0.2, 0.25) is 5.91 Å². The number of phenols is 4. The lowest BCUT2D eigenvalue weighted by atomic mass is 9.86. The topological polar surface area (TPSA) is 174 Å². The number of carbonyl (C=O) groups excluding carboxylic acids is 2. The van der Waals surface area contributed by atoms with E-state index in [2.05, 4.69) is 5.32 Å². The number of aliphatic carboxylic acids is 1. The molecule has 2 unspecified atom stereocenters. The number of nitrogens with one attached hydrogen (secondary N) is 1. The Morgan fingerprint density at radius 2 is 1.42 bits per heavy atom. The molecule has 1 saturated carbocycles. The zero-order valence-electron chi connectivity index (χ0n) is 19.6. The minimum absolute atomic E-state index is 0.0131. The molecule has 1 fully saturated rings. The molecule has 10 heteroatoms. The van der Waals surface area contributed by atoms with E-state index in [1.54, 1.807) is 13.1 Å². The quantitative estimate of drug-likeness (QED) is 0.198. The van der Waals surface area contributed by atoms with Crippen LogP contribution in [-0.4, -0.2) is 56.5 Å². The van der Waals surface area contributed by atoms with Gasteiger partial charge >= 0.3 is 11.9 Å². The number of hydrogen-bond acceptors (Lipinski definition) is 8. The van der Waals surface area contributed by atoms with Crippen molar-refractivity contribution in [3.63, 3.8) is 0 Å². The normalized spacial score (nSPS) is 17.2. The molecule has 10 nitrogen and oxygen atoms in total. The fraction of sp³-hybridized carbons (Fsp3) is 0.269. The number of phenolic OH excluding ortho intramolecular Hbond substituents is 4. The van der Waals surface area contributed by atoms with Crippen LogP contribution >= 0.6 is 0 Å². The smallest absolute Gasteiger partial charge is 0.331 e. The van der Waals surface area contributed by atoms with Crippen molar-refractivity contribution in [2.24, 2.45) is 5.92 Å². The Balaban J connectivity index is 0.000000297. The van der Waals surface area contributed by atoms with Crippen molar-refractivity contribution < 1.29 is 44.7 Å². The van der Waals surface area contributed by atoms with Crippen LogP contribution in [0.4, 0.5) is 0 Å². The lowest BCUT2D eigenvalue weighted by Gasteiger charge is -2.27. The van der Waals surface area contributed by atoms with E-state index in [0.717, 1.165) is 25.3 Å². The van der Waals surface area contributed by atoms with Crippen molar-refractivity contribution in [3.8, 4) is 23.0 Å². The third-order valence-electron chi connectivity index (χ3n) is 5.36. The van der Waals surface area contributed by atoms with Gasteiger partial charge in [0.05, 0.1) is 0 Å². The summed E-state index contributed by atoms with van der Waals surface area (Å²) < 4.78 is 5.37. The van der Waals surface area contributed by atoms with Crippen LogP contribution in [0.25, 0.3) is 12.2 Å². The van der Waals surface area contributed by atoms with Crippen molar-refractivity contribution >= 4 is 30.0 Å². The van der Waals surface area contributed by atoms with E-state index in [1.807, 2.05) is 0 Å². The summed E-state index contributed by atoms with van der Waals surface area (Å²) in [5.41, 5.74) is 1.09. The zero-order valence-corrected chi connectivity index (χ0v) is 19.6. The fourth-order valence-corrected chi connectivity index (χ4v) is 3.52. The Bertz CT molecular complexity index is 1140. The predicted molar refractivity (Wildman–Crippen MR) is 131 cm³/mol. The Hall–Kier alpha value is -4.47. The highest BCUT2D eigenvalue weighted by atomic mass is 16.5. The highest BCUT2D eigenvalue weighted by Crippen LogP contribution is 2.28. The molecule has 0 radical (unpaired) electrons. The molecular weight excluding hydrogens is 470 g/mol. The minimum atomic E-state index is -1.06. The maximum absolute atomic E-state index is 11.9. The number of hydrogen-bond donors (Lipinski definition) is 6. The number of amides is 1. The molecule has 0 bridgehead atoms. The van der Waals surface area contributed by atoms with Crippen LogP contribution in [0.15, 0.2) is 48.6 Å². The third kappa shape index (κ3) is 9.05. The number of ether oxygens (including phenoxy) is 1. The van der Waals surface area contributed by atoms with Crippen LogP contribution in [0, 0.1) is 5.92 Å². The number of benzene rings is 2. The summed E-state index contributed by atoms with van der Waals surface area (Å²) in [6.07, 6.45) is 7.76. The van der Waals surface area contributed by atoms with Gasteiger partial charge in [-0.15, -0.1) is 0 Å². The summed E-state index contributed by atoms with van der Waals surface area (Å²) in [7, 11) is 1.60. The second kappa shape index (κ2) is 13.4. The summed E-state index contributed by atoms with van der Waals surface area (Å²) >= 11 is 0. The molecule has 2 aromatic rings. The van der Waals surface area contributed by atoms with Gasteiger partial charge in [-0.2, -0.15) is 0 Å². The molecule has 2 atom stereocenters. The van der Waals surface area contributed by atoms with Gasteiger partial charge in [0.25, 0.3) is 0 Å². The standard InChI is InChI=1S/C17H21NO5.C9H8O4/c1-18-17(22)12-3-2-4-13(10-12)23-16(21)8-6-11-5-7-14(19)15(20)9-11;10-7-3-1-6(5-8(7)11)2-4-9(12)13/h5-9,12-13,19-20H,2-4,10H2,1H3,(H,18,22);1-5,10-11H,(H,12,13)/b8-6+;4-2+. The van der Waals surface area contributed by atoms with E-state index in [-0.39, 0.29) is 40.9 Å². The van der Waals surface area contributed by atoms with E-state index in [1.165, 1.54) is 48.6 Å². The molecule has 0 aliphatic heterocycles. The first-order chi connectivity index (χ1) is 17.1. The van der Waals surface area contributed by atoms with Gasteiger partial charge in [-0.3, -0.25) is 4.79 Å². The maximum Gasteiger partial charge on any atom is 0.331 e. The van der Waals surface area contributed by atoms with Gasteiger partial charge in [0.1, 0.15) is 6.10 Å². The van der Waals surface area contributed by atoms with Gasteiger partial charge in [-0.05, 0) is 73.2 Å². The SMILES string of the molecule is CNC(=O)C1CCCC(OC(=O)/C=C/c2ccc(O)c(O)c2)C1.O=C(O)/C=C/c1ccc(O)c(O)c1. The van der Waals surface area contributed by atoms with Crippen LogP contribution in [0.5, 0.6) is 23.0 Å². The number of aromatic hydroxyl groups is 4. The fourth-order valence-electron chi connectivity index (χ4n) is 3.52. The van der Waals surface area contributed by atoms with Gasteiger partial charge in [-0.1, -0.05) is 12.1 Å². The maximum atomic E-state index is 11.9. The second-order valence-corrected chi connectivity index (χ2v) is 8.04. The number of esters is 1. The number of rotatable bonds is 6. The molecule has 36 heavy (non-hydrogen) atoms. The molecule has 6 N–H and O–H groups in total. The van der Waals surface area contributed by atoms with Crippen LogP contribution in [0.3, 0.4) is 0 Å². The van der Waals surface area contributed by atoms with E-state index in [9.17, 15) is 24.6 Å². The summed E-state index contributed by atoms with van der Waals surface area (Å²) in [5, 5.41) is 47.5. The van der Waals surface area contributed by atoms with Gasteiger partial charge in [0, 0.05) is 25.1 Å². The van der Waals surface area contributed by atoms with Crippen LogP contribution in [-0.2, 0) is 19.1 Å². The summed E-state index contributed by atoms with van der Waals surface area (Å²) in [6.45, 7) is 0. The summed E-state index contributed by atoms with van der Waals surface area (Å²) in [4.78, 5) is 33.6. The van der Waals surface area contributed by atoms with Crippen molar-refractivity contribution in [2.75, 3.05) is 7.05 Å². The molecule has 192 valence electrons. The van der Waals surface area contributed by atoms with Gasteiger partial charge < -0.3 is 35.6 Å². The Morgan fingerprint density at radius 1 is 0.861 bits per heavy atom. The van der Waals surface area contributed by atoms with Crippen LogP contribution in [0.1, 0.15) is 36.8 Å². The molecule has 0 heterocycles. The predicted octanol–water partition coefficient (Wildman–Crippen LogP) is 3.15. The lowest BCUT2D eigenvalue weighted by molar-refractivity contribution is -0.147. The van der Waals surface area contributed by atoms with E-state index >= 15 is 0 Å². The van der Waals surface area contributed by atoms with Gasteiger partial charge in [-0.25, -0.2) is 9.59 Å². The highest BCUT2D eigenvalue weighted by molar-refractivity contribution is 5.87. The molecule has 2 aromatic carbocycles. The Morgan fingerprint density at radius 3 is 1.92 bits per heavy atom. The van der Waals surface area contributed by atoms with Crippen molar-refractivity contribution in [3.05, 3.63) is 59.7 Å². The molecule has 3 rings (SSSR count). The first-order valence-corrected chi connectivity index (χ1v) is 11.1. The Labute approximate surface area is 207 Å². The first-order valence-electron chi connectivity index (χ1n) is 11.1. The second-order valence-electron chi connectivity index (χ2n) is 8.04. The van der Waals surface area contributed by atoms with Crippen LogP contribution < -0.4 is 5.32 Å². The molecule has 1 aliphatic rings. The van der Waals surface area contributed by atoms with Gasteiger partial charge in [0.15, 0.2) is 23.0 Å². The van der Waals surface area contributed by atoms with Crippen molar-refractivity contribution in [2.45, 2.75) is 31.8 Å². The first kappa shape index (κ1) is 27.8. The Kier molecular flexibility index (Phi) is 10.4. The molecule has 1 amide bonds. The molecule has 0 spiro atoms. The number of carboxylic acid groups (broad SMARTS) is 1. The monoisotopic (exact) mass is 499 g/mol. The van der Waals surface area contributed by atoms with Crippen molar-refractivity contribution in [1.29, 1.82) is 0 Å². The average Bonchev–Trinajstić information content (AvgIpc) is 2.85. The zero-order chi connectivity index (χ0) is 26.7. The van der Waals surface area contributed by atoms with E-state index < -0.39 is 11.9 Å². The molecule has 0 saturated heterocycles. The largest absolute Gasteiger partial charge is 0.504 e. The van der Waals surface area contributed by atoms with Crippen LogP contribution in [0.2, 0.25) is 0 Å². The summed E-state index contributed by atoms with van der Waals surface area (Å²) in [6, 6.07) is 8.32. The third-order valence-corrected chi connectivity index (χ3v) is 5.36. The van der Waals surface area contributed by atoms with Crippen molar-refractivity contribution in [1.82, 2.24) is 5.32 Å². The molecule has 0 aromatic heterocycles. The lowest BCUT2D eigenvalue weighted by Crippen LogP contribution is -2.34. The minimum Gasteiger partial charge on any atom is -0.504 e. The summed E-state index contributed by atoms with van der Waals surface area (Å²) in [5.74, 6) is -2.63. The van der Waals surface area contributed by atoms with E-state index in [0.29, 0.717) is 17.5 Å². The molecular formula is C26H29NO9. The molecule has 1 aliphatic carbocycles. The number of carbonyl (C=O) groups is 3. The highest BCUT2D eigenvalue weighted by Gasteiger charge is 2.28. The van der Waals surface area contributed by atoms with E-state index in [4.69, 9.17) is 20.1 Å².